The van der Waals surface area contributed by atoms with E-state index in [4.69, 9.17) is 0 Å². The molecule has 0 aliphatic carbocycles. The number of halogens is 1. The van der Waals surface area contributed by atoms with Crippen molar-refractivity contribution in [3.05, 3.63) is 35.6 Å². The topological polar surface area (TPSA) is 90.5 Å². The lowest BCUT2D eigenvalue weighted by Crippen LogP contribution is -2.50. The minimum absolute atomic E-state index is 0.171. The lowest BCUT2D eigenvalue weighted by molar-refractivity contribution is -0.138. The van der Waals surface area contributed by atoms with Gasteiger partial charge in [-0.15, -0.1) is 0 Å². The van der Waals surface area contributed by atoms with Crippen LogP contribution in [0.2, 0.25) is 0 Å². The first-order valence-electron chi connectivity index (χ1n) is 7.72. The van der Waals surface area contributed by atoms with Gasteiger partial charge in [-0.05, 0) is 26.3 Å². The second-order valence-corrected chi connectivity index (χ2v) is 5.92. The van der Waals surface area contributed by atoms with Crippen LogP contribution in [0.4, 0.5) is 9.18 Å². The molecule has 0 unspecified atom stereocenters. The van der Waals surface area contributed by atoms with E-state index in [0.29, 0.717) is 17.0 Å². The van der Waals surface area contributed by atoms with E-state index in [-0.39, 0.29) is 12.4 Å². The maximum atomic E-state index is 13.7. The van der Waals surface area contributed by atoms with Crippen LogP contribution in [0.5, 0.6) is 0 Å². The average Bonchev–Trinajstić information content (AvgIpc) is 2.77. The summed E-state index contributed by atoms with van der Waals surface area (Å²) in [6.07, 6.45) is 0.409. The Morgan fingerprint density at radius 2 is 2.04 bits per heavy atom. The van der Waals surface area contributed by atoms with E-state index in [1.165, 1.54) is 6.07 Å². The lowest BCUT2D eigenvalue weighted by atomic mass is 10.00. The molecule has 3 N–H and O–H groups in total. The van der Waals surface area contributed by atoms with Crippen LogP contribution < -0.4 is 16.1 Å². The Balaban J connectivity index is 1.91. The molecule has 1 aliphatic heterocycles. The SMILES string of the molecule is CC[C@@]1(C)NC(=O)N(NC(=O)CN[C@@H](C)c2ccccc2F)C1=O. The lowest BCUT2D eigenvalue weighted by Gasteiger charge is -2.20. The minimum Gasteiger partial charge on any atom is -0.322 e. The molecule has 1 heterocycles. The van der Waals surface area contributed by atoms with Crippen molar-refractivity contribution in [1.29, 1.82) is 0 Å². The average molecular weight is 336 g/mol. The van der Waals surface area contributed by atoms with Crippen molar-refractivity contribution in [2.75, 3.05) is 6.54 Å². The molecule has 8 heteroatoms. The maximum absolute atomic E-state index is 13.7. The summed E-state index contributed by atoms with van der Waals surface area (Å²) in [5, 5.41) is 6.07. The Morgan fingerprint density at radius 1 is 1.38 bits per heavy atom. The molecule has 4 amide bonds. The molecule has 2 rings (SSSR count). The van der Waals surface area contributed by atoms with Gasteiger partial charge < -0.3 is 10.6 Å². The van der Waals surface area contributed by atoms with Crippen LogP contribution in [0.3, 0.4) is 0 Å². The summed E-state index contributed by atoms with van der Waals surface area (Å²) in [7, 11) is 0. The Labute approximate surface area is 139 Å². The zero-order valence-corrected chi connectivity index (χ0v) is 13.9. The van der Waals surface area contributed by atoms with Gasteiger partial charge in [0, 0.05) is 11.6 Å². The van der Waals surface area contributed by atoms with Gasteiger partial charge >= 0.3 is 6.03 Å². The summed E-state index contributed by atoms with van der Waals surface area (Å²) in [6.45, 7) is 4.90. The first-order valence-corrected chi connectivity index (χ1v) is 7.72. The predicted octanol–water partition coefficient (Wildman–Crippen LogP) is 1.23. The molecular formula is C16H21FN4O3. The highest BCUT2D eigenvalue weighted by atomic mass is 19.1. The van der Waals surface area contributed by atoms with E-state index in [2.05, 4.69) is 16.1 Å². The molecule has 24 heavy (non-hydrogen) atoms. The number of carbonyl (C=O) groups excluding carboxylic acids is 3. The van der Waals surface area contributed by atoms with Crippen molar-refractivity contribution >= 4 is 17.8 Å². The van der Waals surface area contributed by atoms with Crippen LogP contribution in [0.15, 0.2) is 24.3 Å². The smallest absolute Gasteiger partial charge is 0.322 e. The van der Waals surface area contributed by atoms with Crippen molar-refractivity contribution in [3.8, 4) is 0 Å². The van der Waals surface area contributed by atoms with Crippen molar-refractivity contribution in [2.24, 2.45) is 0 Å². The second-order valence-electron chi connectivity index (χ2n) is 5.92. The molecule has 1 aromatic carbocycles. The van der Waals surface area contributed by atoms with Crippen molar-refractivity contribution in [3.63, 3.8) is 0 Å². The summed E-state index contributed by atoms with van der Waals surface area (Å²) in [4.78, 5) is 35.9. The number of imide groups is 1. The van der Waals surface area contributed by atoms with Gasteiger partial charge in [-0.3, -0.25) is 15.0 Å². The molecule has 0 bridgehead atoms. The van der Waals surface area contributed by atoms with Gasteiger partial charge in [-0.25, -0.2) is 9.18 Å². The minimum atomic E-state index is -1.02. The number of carbonyl (C=O) groups is 3. The number of amides is 4. The zero-order chi connectivity index (χ0) is 17.9. The number of hydrogen-bond acceptors (Lipinski definition) is 4. The van der Waals surface area contributed by atoms with Crippen molar-refractivity contribution < 1.29 is 18.8 Å². The van der Waals surface area contributed by atoms with Gasteiger partial charge in [0.2, 0.25) is 0 Å². The highest BCUT2D eigenvalue weighted by molar-refractivity contribution is 6.07. The Kier molecular flexibility index (Phi) is 5.18. The summed E-state index contributed by atoms with van der Waals surface area (Å²) >= 11 is 0. The zero-order valence-electron chi connectivity index (χ0n) is 13.9. The third-order valence-corrected chi connectivity index (χ3v) is 4.15. The standard InChI is InChI=1S/C16H21FN4O3/c1-4-16(3)14(23)21(15(24)19-16)20-13(22)9-18-10(2)11-7-5-6-8-12(11)17/h5-8,10,18H,4,9H2,1-3H3,(H,19,24)(H,20,22)/t10-,16+/m0/s1. The number of urea groups is 1. The monoisotopic (exact) mass is 336 g/mol. The number of hydrogen-bond donors (Lipinski definition) is 3. The molecule has 0 radical (unpaired) electrons. The summed E-state index contributed by atoms with van der Waals surface area (Å²) in [5.74, 6) is -1.45. The number of benzene rings is 1. The summed E-state index contributed by atoms with van der Waals surface area (Å²) in [6, 6.07) is 5.18. The van der Waals surface area contributed by atoms with Gasteiger partial charge in [0.1, 0.15) is 11.4 Å². The Bertz CT molecular complexity index is 666. The number of nitrogens with zero attached hydrogens (tertiary/aromatic N) is 1. The molecule has 1 saturated heterocycles. The molecule has 0 aromatic heterocycles. The Morgan fingerprint density at radius 3 is 2.62 bits per heavy atom. The highest BCUT2D eigenvalue weighted by Gasteiger charge is 2.47. The first kappa shape index (κ1) is 17.9. The molecule has 130 valence electrons. The van der Waals surface area contributed by atoms with Crippen LogP contribution >= 0.6 is 0 Å². The van der Waals surface area contributed by atoms with Gasteiger partial charge in [-0.1, -0.05) is 25.1 Å². The highest BCUT2D eigenvalue weighted by Crippen LogP contribution is 2.19. The largest absolute Gasteiger partial charge is 0.344 e. The van der Waals surface area contributed by atoms with E-state index in [0.717, 1.165) is 0 Å². The number of nitrogens with one attached hydrogen (secondary N) is 3. The van der Waals surface area contributed by atoms with Gasteiger partial charge in [-0.2, -0.15) is 5.01 Å². The van der Waals surface area contributed by atoms with Crippen molar-refractivity contribution in [1.82, 2.24) is 21.1 Å². The summed E-state index contributed by atoms with van der Waals surface area (Å²) in [5.41, 5.74) is 1.68. The summed E-state index contributed by atoms with van der Waals surface area (Å²) < 4.78 is 13.7. The molecule has 1 aromatic rings. The predicted molar refractivity (Wildman–Crippen MR) is 85.0 cm³/mol. The molecule has 0 spiro atoms. The van der Waals surface area contributed by atoms with Gasteiger partial charge in [0.05, 0.1) is 6.54 Å². The molecule has 0 saturated carbocycles. The van der Waals surface area contributed by atoms with Crippen LogP contribution in [-0.4, -0.2) is 34.9 Å². The van der Waals surface area contributed by atoms with E-state index >= 15 is 0 Å². The third kappa shape index (κ3) is 3.53. The van der Waals surface area contributed by atoms with Crippen LogP contribution in [0.25, 0.3) is 0 Å². The van der Waals surface area contributed by atoms with E-state index in [9.17, 15) is 18.8 Å². The molecular weight excluding hydrogens is 315 g/mol. The van der Waals surface area contributed by atoms with Gasteiger partial charge in [0.25, 0.3) is 11.8 Å². The molecule has 2 atom stereocenters. The molecule has 1 fully saturated rings. The first-order chi connectivity index (χ1) is 11.3. The maximum Gasteiger partial charge on any atom is 0.344 e. The Hall–Kier alpha value is -2.48. The fraction of sp³-hybridized carbons (Fsp3) is 0.438. The van der Waals surface area contributed by atoms with Crippen molar-refractivity contribution in [2.45, 2.75) is 38.8 Å². The van der Waals surface area contributed by atoms with E-state index < -0.39 is 29.4 Å². The molecule has 7 nitrogen and oxygen atoms in total. The normalized spacial score (nSPS) is 21.6. The van der Waals surface area contributed by atoms with E-state index in [1.807, 2.05) is 0 Å². The third-order valence-electron chi connectivity index (χ3n) is 4.15. The fourth-order valence-electron chi connectivity index (χ4n) is 2.37. The van der Waals surface area contributed by atoms with Crippen LogP contribution in [-0.2, 0) is 9.59 Å². The quantitative estimate of drug-likeness (QED) is 0.682. The van der Waals surface area contributed by atoms with Crippen LogP contribution in [0, 0.1) is 5.82 Å². The van der Waals surface area contributed by atoms with Crippen LogP contribution in [0.1, 0.15) is 38.8 Å². The molecule has 1 aliphatic rings. The van der Waals surface area contributed by atoms with E-state index in [1.54, 1.807) is 39.0 Å². The fourth-order valence-corrected chi connectivity index (χ4v) is 2.37. The number of rotatable bonds is 6. The number of hydrazine groups is 1. The second kappa shape index (κ2) is 6.96. The van der Waals surface area contributed by atoms with Gasteiger partial charge in [0.15, 0.2) is 0 Å².